The van der Waals surface area contributed by atoms with E-state index in [0.717, 1.165) is 6.26 Å². The number of aliphatic imine (C=N–C) groups is 1. The SMILES string of the molecule is CC(C)(C)C[C@]1(c2ccc(C#CC(C)(C)S(C)(=O)=O)cc2)N=C(NC(=O)OCc2ccccc2)N([C@H](COC(=O)CC(C)(C)C(F)F)c2ccc(Cl)c(-n3cncn3)c2)C1=O. The van der Waals surface area contributed by atoms with Crippen LogP contribution in [0.4, 0.5) is 13.6 Å². The van der Waals surface area contributed by atoms with E-state index < -0.39 is 74.4 Å². The van der Waals surface area contributed by atoms with Crippen LogP contribution in [-0.2, 0) is 41.0 Å². The normalized spacial score (nSPS) is 16.4. The van der Waals surface area contributed by atoms with E-state index in [1.54, 1.807) is 66.7 Å². The van der Waals surface area contributed by atoms with Gasteiger partial charge in [0.25, 0.3) is 5.91 Å². The molecule has 2 heterocycles. The van der Waals surface area contributed by atoms with Crippen LogP contribution >= 0.6 is 11.6 Å². The summed E-state index contributed by atoms with van der Waals surface area (Å²) in [5.74, 6) is 3.92. The quantitative estimate of drug-likeness (QED) is 0.104. The maximum atomic E-state index is 15.5. The van der Waals surface area contributed by atoms with E-state index in [4.69, 9.17) is 26.1 Å². The predicted octanol–water partition coefficient (Wildman–Crippen LogP) is 7.82. The summed E-state index contributed by atoms with van der Waals surface area (Å²) in [7, 11) is -3.51. The number of rotatable bonds is 13. The van der Waals surface area contributed by atoms with Gasteiger partial charge >= 0.3 is 12.1 Å². The van der Waals surface area contributed by atoms with Crippen molar-refractivity contribution in [2.75, 3.05) is 12.9 Å². The maximum Gasteiger partial charge on any atom is 0.414 e. The van der Waals surface area contributed by atoms with E-state index in [-0.39, 0.29) is 24.0 Å². The Hall–Kier alpha value is -5.66. The monoisotopic (exact) mass is 878 g/mol. The molecule has 5 rings (SSSR count). The second-order valence-corrected chi connectivity index (χ2v) is 20.2. The zero-order valence-corrected chi connectivity index (χ0v) is 36.8. The average molecular weight is 879 g/mol. The number of ether oxygens (including phenoxy) is 2. The lowest BCUT2D eigenvalue weighted by atomic mass is 9.75. The Balaban J connectivity index is 1.66. The van der Waals surface area contributed by atoms with Crippen molar-refractivity contribution in [3.8, 4) is 17.5 Å². The summed E-state index contributed by atoms with van der Waals surface area (Å²) < 4.78 is 63.7. The zero-order chi connectivity index (χ0) is 45.0. The second kappa shape index (κ2) is 18.1. The van der Waals surface area contributed by atoms with Gasteiger partial charge in [0.05, 0.1) is 23.2 Å². The van der Waals surface area contributed by atoms with E-state index in [1.807, 2.05) is 26.8 Å². The first-order chi connectivity index (χ1) is 28.4. The average Bonchev–Trinajstić information content (AvgIpc) is 3.80. The van der Waals surface area contributed by atoms with Crippen molar-refractivity contribution in [3.63, 3.8) is 0 Å². The molecular weight excluding hydrogens is 830 g/mol. The molecule has 4 aromatic rings. The summed E-state index contributed by atoms with van der Waals surface area (Å²) in [5.41, 5.74) is -1.72. The molecule has 2 atom stereocenters. The molecule has 13 nitrogen and oxygen atoms in total. The molecule has 2 amide bonds. The minimum atomic E-state index is -3.51. The molecule has 1 aliphatic rings. The Kier molecular flexibility index (Phi) is 13.8. The van der Waals surface area contributed by atoms with Gasteiger partial charge in [0.2, 0.25) is 12.4 Å². The van der Waals surface area contributed by atoms with E-state index >= 15 is 4.79 Å². The Morgan fingerprint density at radius 3 is 2.23 bits per heavy atom. The van der Waals surface area contributed by atoms with Crippen molar-refractivity contribution in [1.82, 2.24) is 25.0 Å². The van der Waals surface area contributed by atoms with E-state index in [0.29, 0.717) is 27.9 Å². The molecule has 0 radical (unpaired) electrons. The van der Waals surface area contributed by atoms with Gasteiger partial charge < -0.3 is 9.47 Å². The molecule has 17 heteroatoms. The number of hydrogen-bond donors (Lipinski definition) is 1. The van der Waals surface area contributed by atoms with Crippen molar-refractivity contribution in [3.05, 3.63) is 113 Å². The third-order valence-corrected chi connectivity index (χ3v) is 12.3. The van der Waals surface area contributed by atoms with Gasteiger partial charge in [-0.15, -0.1) is 0 Å². The number of nitrogens with one attached hydrogen (secondary N) is 1. The summed E-state index contributed by atoms with van der Waals surface area (Å²) in [6.07, 6.45) is -0.482. The lowest BCUT2D eigenvalue weighted by molar-refractivity contribution is -0.152. The molecule has 0 spiro atoms. The van der Waals surface area contributed by atoms with Crippen LogP contribution in [0.2, 0.25) is 5.02 Å². The summed E-state index contributed by atoms with van der Waals surface area (Å²) in [4.78, 5) is 52.6. The lowest BCUT2D eigenvalue weighted by Crippen LogP contribution is -2.49. The maximum absolute atomic E-state index is 15.5. The van der Waals surface area contributed by atoms with Gasteiger partial charge in [-0.2, -0.15) is 5.10 Å². The highest BCUT2D eigenvalue weighted by atomic mass is 35.5. The molecular formula is C44H49ClF2N6O7S. The number of sulfone groups is 1. The number of amides is 2. The number of aromatic nitrogens is 3. The number of hydrogen-bond acceptors (Lipinski definition) is 10. The van der Waals surface area contributed by atoms with Crippen LogP contribution in [0.1, 0.15) is 89.6 Å². The molecule has 1 aliphatic heterocycles. The van der Waals surface area contributed by atoms with Crippen molar-refractivity contribution in [1.29, 1.82) is 0 Å². The topological polar surface area (TPSA) is 162 Å². The molecule has 0 aliphatic carbocycles. The number of carbonyl (C=O) groups excluding carboxylic acids is 3. The van der Waals surface area contributed by atoms with Crippen molar-refractivity contribution < 1.29 is 41.1 Å². The third-order valence-electron chi connectivity index (χ3n) is 10.0. The Morgan fingerprint density at radius 2 is 1.64 bits per heavy atom. The van der Waals surface area contributed by atoms with E-state index in [2.05, 4.69) is 27.2 Å². The summed E-state index contributed by atoms with van der Waals surface area (Å²) in [6, 6.07) is 19.1. The van der Waals surface area contributed by atoms with Crippen LogP contribution in [0.15, 0.2) is 90.4 Å². The number of carbonyl (C=O) groups is 3. The predicted molar refractivity (Wildman–Crippen MR) is 227 cm³/mol. The Morgan fingerprint density at radius 1 is 0.967 bits per heavy atom. The van der Waals surface area contributed by atoms with Crippen LogP contribution in [-0.4, -0.2) is 76.0 Å². The number of alkyl halides is 2. The Bertz CT molecular complexity index is 2440. The first-order valence-corrected chi connectivity index (χ1v) is 21.5. The highest BCUT2D eigenvalue weighted by molar-refractivity contribution is 7.92. The number of benzene rings is 3. The van der Waals surface area contributed by atoms with Crippen LogP contribution < -0.4 is 5.32 Å². The fraction of sp³-hybridized carbons (Fsp3) is 0.409. The molecule has 0 saturated carbocycles. The van der Waals surface area contributed by atoms with Gasteiger partial charge in [-0.1, -0.05) is 107 Å². The number of alkyl carbamates (subject to hydrolysis) is 1. The standard InChI is InChI=1S/C44H49ClF2N6O7S/c1-41(2,3)26-44(32-17-14-29(15-18-32)20-21-43(6,7)61(8,57)58)38(55)53(39(51-44)50-40(56)60-24-30-12-10-9-11-13-30)35(25-59-36(54)23-42(4,5)37(46)47)31-16-19-33(45)34(22-31)52-28-48-27-49-52/h9-19,22,27-28,35,37H,23-26H2,1-8H3,(H,50,51,56)/t35-,44-/m1/s1. The molecule has 0 bridgehead atoms. The van der Waals surface area contributed by atoms with Gasteiger partial charge in [-0.05, 0) is 66.6 Å². The second-order valence-electron chi connectivity index (χ2n) is 17.2. The van der Waals surface area contributed by atoms with Crippen LogP contribution in [0.3, 0.4) is 0 Å². The number of halogens is 3. The third kappa shape index (κ3) is 11.2. The number of guanidine groups is 1. The smallest absolute Gasteiger partial charge is 0.414 e. The summed E-state index contributed by atoms with van der Waals surface area (Å²) >= 11 is 6.61. The molecule has 1 N–H and O–H groups in total. The number of esters is 1. The highest BCUT2D eigenvalue weighted by Crippen LogP contribution is 2.45. The van der Waals surface area contributed by atoms with Crippen LogP contribution in [0.25, 0.3) is 5.69 Å². The largest absolute Gasteiger partial charge is 0.463 e. The van der Waals surface area contributed by atoms with E-state index in [9.17, 15) is 26.8 Å². The minimum Gasteiger partial charge on any atom is -0.463 e. The molecule has 61 heavy (non-hydrogen) atoms. The Labute approximate surface area is 359 Å². The van der Waals surface area contributed by atoms with Crippen molar-refractivity contribution in [2.24, 2.45) is 15.8 Å². The molecule has 0 unspecified atom stereocenters. The highest BCUT2D eigenvalue weighted by Gasteiger charge is 2.54. The van der Waals surface area contributed by atoms with Crippen LogP contribution in [0.5, 0.6) is 0 Å². The van der Waals surface area contributed by atoms with E-state index in [1.165, 1.54) is 49.9 Å². The fourth-order valence-corrected chi connectivity index (χ4v) is 6.80. The van der Waals surface area contributed by atoms with Crippen LogP contribution in [0, 0.1) is 22.7 Å². The molecule has 0 fully saturated rings. The number of nitrogens with zero attached hydrogens (tertiary/aromatic N) is 5. The van der Waals surface area contributed by atoms with Crippen molar-refractivity contribution in [2.45, 2.75) is 90.7 Å². The molecule has 1 aromatic heterocycles. The van der Waals surface area contributed by atoms with Gasteiger partial charge in [0.15, 0.2) is 15.4 Å². The first-order valence-electron chi connectivity index (χ1n) is 19.3. The van der Waals surface area contributed by atoms with Gasteiger partial charge in [-0.3, -0.25) is 19.8 Å². The zero-order valence-electron chi connectivity index (χ0n) is 35.2. The fourth-order valence-electron chi connectivity index (χ4n) is 6.36. The summed E-state index contributed by atoms with van der Waals surface area (Å²) in [5, 5.41) is 7.12. The summed E-state index contributed by atoms with van der Waals surface area (Å²) in [6.45, 7) is 10.6. The molecule has 0 saturated heterocycles. The van der Waals surface area contributed by atoms with Gasteiger partial charge in [-0.25, -0.2) is 36.7 Å². The van der Waals surface area contributed by atoms with Gasteiger partial charge in [0, 0.05) is 17.2 Å². The first kappa shape index (κ1) is 46.4. The minimum absolute atomic E-state index is 0.103. The lowest BCUT2D eigenvalue weighted by Gasteiger charge is -2.35. The molecule has 3 aromatic carbocycles. The van der Waals surface area contributed by atoms with Crippen molar-refractivity contribution >= 4 is 45.4 Å². The van der Waals surface area contributed by atoms with Gasteiger partial charge in [0.1, 0.15) is 30.6 Å². The molecule has 324 valence electrons.